The molecule has 1 heterocycles. The summed E-state index contributed by atoms with van der Waals surface area (Å²) in [7, 11) is -3.37. The van der Waals surface area contributed by atoms with Crippen LogP contribution in [0, 0.1) is 6.92 Å². The van der Waals surface area contributed by atoms with Gasteiger partial charge in [-0.2, -0.15) is 0 Å². The van der Waals surface area contributed by atoms with Gasteiger partial charge in [-0.05, 0) is 37.1 Å². The normalized spacial score (nSPS) is 20.1. The molecule has 7 heteroatoms. The topological polar surface area (TPSA) is 66.5 Å². The van der Waals surface area contributed by atoms with Crippen LogP contribution in [0.3, 0.4) is 0 Å². The fourth-order valence-corrected chi connectivity index (χ4v) is 3.08. The highest BCUT2D eigenvalue weighted by molar-refractivity contribution is 9.10. The molecular formula is C12H15BrN2O3S. The van der Waals surface area contributed by atoms with Crippen LogP contribution >= 0.6 is 15.9 Å². The number of sulfonamides is 1. The van der Waals surface area contributed by atoms with Crippen molar-refractivity contribution < 1.29 is 13.2 Å². The van der Waals surface area contributed by atoms with Crippen LogP contribution in [0.15, 0.2) is 22.7 Å². The Morgan fingerprint density at radius 1 is 1.42 bits per heavy atom. The van der Waals surface area contributed by atoms with Gasteiger partial charge in [0, 0.05) is 16.7 Å². The molecule has 0 saturated carbocycles. The van der Waals surface area contributed by atoms with E-state index in [-0.39, 0.29) is 5.91 Å². The van der Waals surface area contributed by atoms with E-state index in [1.165, 1.54) is 0 Å². The lowest BCUT2D eigenvalue weighted by Gasteiger charge is -2.18. The van der Waals surface area contributed by atoms with Crippen LogP contribution in [0.4, 0.5) is 5.69 Å². The van der Waals surface area contributed by atoms with E-state index in [0.717, 1.165) is 22.0 Å². The van der Waals surface area contributed by atoms with Gasteiger partial charge < -0.3 is 4.90 Å². The number of anilines is 1. The lowest BCUT2D eigenvalue weighted by molar-refractivity contribution is -0.118. The maximum Gasteiger partial charge on any atom is 0.245 e. The van der Waals surface area contributed by atoms with E-state index in [1.54, 1.807) is 4.90 Å². The lowest BCUT2D eigenvalue weighted by Crippen LogP contribution is -2.41. The maximum atomic E-state index is 12.2. The van der Waals surface area contributed by atoms with Gasteiger partial charge in [0.1, 0.15) is 6.04 Å². The van der Waals surface area contributed by atoms with Crippen molar-refractivity contribution in [1.29, 1.82) is 0 Å². The summed E-state index contributed by atoms with van der Waals surface area (Å²) in [6.07, 6.45) is 1.55. The first-order valence-corrected chi connectivity index (χ1v) is 8.51. The van der Waals surface area contributed by atoms with E-state index in [9.17, 15) is 13.2 Å². The molecular weight excluding hydrogens is 332 g/mol. The van der Waals surface area contributed by atoms with Crippen LogP contribution in [0.1, 0.15) is 12.0 Å². The number of carbonyl (C=O) groups is 1. The molecule has 1 fully saturated rings. The van der Waals surface area contributed by atoms with Crippen molar-refractivity contribution >= 4 is 37.5 Å². The Hall–Kier alpha value is -0.920. The average molecular weight is 347 g/mol. The lowest BCUT2D eigenvalue weighted by atomic mass is 10.2. The minimum Gasteiger partial charge on any atom is -0.311 e. The number of hydrogen-bond acceptors (Lipinski definition) is 3. The van der Waals surface area contributed by atoms with Crippen molar-refractivity contribution in [3.05, 3.63) is 28.2 Å². The predicted molar refractivity (Wildman–Crippen MR) is 77.6 cm³/mol. The SMILES string of the molecule is Cc1cc(N2CCC(NS(C)(=O)=O)C2=O)ccc1Br. The third-order valence-electron chi connectivity index (χ3n) is 3.02. The molecule has 19 heavy (non-hydrogen) atoms. The number of nitrogens with zero attached hydrogens (tertiary/aromatic N) is 1. The Morgan fingerprint density at radius 3 is 2.68 bits per heavy atom. The maximum absolute atomic E-state index is 12.2. The third-order valence-corrected chi connectivity index (χ3v) is 4.62. The fraction of sp³-hybridized carbons (Fsp3) is 0.417. The van der Waals surface area contributed by atoms with E-state index in [4.69, 9.17) is 0 Å². The molecule has 2 rings (SSSR count). The van der Waals surface area contributed by atoms with Gasteiger partial charge in [-0.1, -0.05) is 15.9 Å². The Balaban J connectivity index is 2.20. The van der Waals surface area contributed by atoms with Crippen LogP contribution in [0.25, 0.3) is 0 Å². The van der Waals surface area contributed by atoms with Gasteiger partial charge in [0.15, 0.2) is 0 Å². The Labute approximate surface area is 121 Å². The summed E-state index contributed by atoms with van der Waals surface area (Å²) in [6.45, 7) is 2.47. The highest BCUT2D eigenvalue weighted by Crippen LogP contribution is 2.26. The highest BCUT2D eigenvalue weighted by atomic mass is 79.9. The second kappa shape index (κ2) is 5.22. The molecule has 0 aliphatic carbocycles. The molecule has 1 saturated heterocycles. The molecule has 0 radical (unpaired) electrons. The number of nitrogens with one attached hydrogen (secondary N) is 1. The Bertz CT molecular complexity index is 615. The second-order valence-electron chi connectivity index (χ2n) is 4.65. The van der Waals surface area contributed by atoms with Crippen molar-refractivity contribution in [3.8, 4) is 0 Å². The minimum atomic E-state index is -3.37. The number of benzene rings is 1. The van der Waals surface area contributed by atoms with Crippen molar-refractivity contribution in [3.63, 3.8) is 0 Å². The van der Waals surface area contributed by atoms with Crippen molar-refractivity contribution in [2.24, 2.45) is 0 Å². The first-order valence-electron chi connectivity index (χ1n) is 5.83. The number of amides is 1. The summed E-state index contributed by atoms with van der Waals surface area (Å²) in [5, 5.41) is 0. The largest absolute Gasteiger partial charge is 0.311 e. The van der Waals surface area contributed by atoms with E-state index in [1.807, 2.05) is 25.1 Å². The molecule has 1 unspecified atom stereocenters. The van der Waals surface area contributed by atoms with Gasteiger partial charge in [0.25, 0.3) is 0 Å². The van der Waals surface area contributed by atoms with Gasteiger partial charge in [-0.15, -0.1) is 0 Å². The first-order chi connectivity index (χ1) is 8.78. The molecule has 0 bridgehead atoms. The summed E-state index contributed by atoms with van der Waals surface area (Å²) in [5.41, 5.74) is 1.83. The predicted octanol–water partition coefficient (Wildman–Crippen LogP) is 1.41. The number of carbonyl (C=O) groups excluding carboxylic acids is 1. The number of hydrogen-bond donors (Lipinski definition) is 1. The van der Waals surface area contributed by atoms with Crippen molar-refractivity contribution in [2.75, 3.05) is 17.7 Å². The summed E-state index contributed by atoms with van der Waals surface area (Å²) >= 11 is 3.41. The van der Waals surface area contributed by atoms with Crippen LogP contribution in [0.5, 0.6) is 0 Å². The number of rotatable bonds is 3. The molecule has 1 N–H and O–H groups in total. The monoisotopic (exact) mass is 346 g/mol. The zero-order valence-corrected chi connectivity index (χ0v) is 13.1. The van der Waals surface area contributed by atoms with Gasteiger partial charge in [0.05, 0.1) is 6.26 Å². The van der Waals surface area contributed by atoms with Gasteiger partial charge >= 0.3 is 0 Å². The van der Waals surface area contributed by atoms with Gasteiger partial charge in [-0.3, -0.25) is 4.79 Å². The molecule has 1 aromatic carbocycles. The van der Waals surface area contributed by atoms with Crippen LogP contribution in [0.2, 0.25) is 0 Å². The summed E-state index contributed by atoms with van der Waals surface area (Å²) in [4.78, 5) is 13.8. The summed E-state index contributed by atoms with van der Waals surface area (Å²) in [5.74, 6) is -0.202. The fourth-order valence-electron chi connectivity index (χ4n) is 2.10. The van der Waals surface area contributed by atoms with E-state index in [2.05, 4.69) is 20.7 Å². The number of halogens is 1. The molecule has 5 nitrogen and oxygen atoms in total. The molecule has 0 aromatic heterocycles. The number of aryl methyl sites for hydroxylation is 1. The van der Waals surface area contributed by atoms with Crippen molar-refractivity contribution in [1.82, 2.24) is 4.72 Å². The molecule has 1 aromatic rings. The van der Waals surface area contributed by atoms with Crippen molar-refractivity contribution in [2.45, 2.75) is 19.4 Å². The first kappa shape index (κ1) is 14.5. The average Bonchev–Trinajstić information content (AvgIpc) is 2.63. The standard InChI is InChI=1S/C12H15BrN2O3S/c1-8-7-9(3-4-10(8)13)15-6-5-11(12(15)16)14-19(2,17)18/h3-4,7,11,14H,5-6H2,1-2H3. The summed E-state index contributed by atoms with van der Waals surface area (Å²) < 4.78 is 25.7. The second-order valence-corrected chi connectivity index (χ2v) is 7.29. The molecule has 1 aliphatic rings. The summed E-state index contributed by atoms with van der Waals surface area (Å²) in [6, 6.07) is 4.98. The van der Waals surface area contributed by atoms with E-state index in [0.29, 0.717) is 13.0 Å². The van der Waals surface area contributed by atoms with Gasteiger partial charge in [-0.25, -0.2) is 13.1 Å². The molecule has 1 aliphatic heterocycles. The van der Waals surface area contributed by atoms with E-state index >= 15 is 0 Å². The minimum absolute atomic E-state index is 0.202. The zero-order valence-electron chi connectivity index (χ0n) is 10.7. The molecule has 104 valence electrons. The van der Waals surface area contributed by atoms with Crippen LogP contribution < -0.4 is 9.62 Å². The third kappa shape index (κ3) is 3.34. The Kier molecular flexibility index (Phi) is 3.98. The smallest absolute Gasteiger partial charge is 0.245 e. The van der Waals surface area contributed by atoms with Gasteiger partial charge in [0.2, 0.25) is 15.9 Å². The molecule has 1 atom stereocenters. The zero-order chi connectivity index (χ0) is 14.2. The quantitative estimate of drug-likeness (QED) is 0.899. The highest BCUT2D eigenvalue weighted by Gasteiger charge is 2.34. The van der Waals surface area contributed by atoms with E-state index < -0.39 is 16.1 Å². The molecule has 0 spiro atoms. The Morgan fingerprint density at radius 2 is 2.11 bits per heavy atom. The van der Waals surface area contributed by atoms with Crippen LogP contribution in [-0.2, 0) is 14.8 Å². The van der Waals surface area contributed by atoms with Crippen LogP contribution in [-0.4, -0.2) is 33.2 Å². The molecule has 1 amide bonds.